The predicted octanol–water partition coefficient (Wildman–Crippen LogP) is 1.21. The SMILES string of the molecule is [CH2]C(S)Cc1csnn1. The molecular weight excluding hydrogens is 152 g/mol. The third-order valence-electron chi connectivity index (χ3n) is 0.850. The molecule has 1 heterocycles. The van der Waals surface area contributed by atoms with Crippen LogP contribution in [-0.2, 0) is 6.42 Å². The normalized spacial score (nSPS) is 13.6. The zero-order valence-corrected chi connectivity index (χ0v) is 6.53. The van der Waals surface area contributed by atoms with E-state index in [1.54, 1.807) is 0 Å². The van der Waals surface area contributed by atoms with E-state index < -0.39 is 0 Å². The fraction of sp³-hybridized carbons (Fsp3) is 0.400. The third-order valence-corrected chi connectivity index (χ3v) is 1.59. The maximum atomic E-state index is 4.11. The Hall–Kier alpha value is -0.0900. The lowest BCUT2D eigenvalue weighted by Crippen LogP contribution is -1.97. The Morgan fingerprint density at radius 1 is 1.89 bits per heavy atom. The van der Waals surface area contributed by atoms with E-state index in [2.05, 4.69) is 29.1 Å². The lowest BCUT2D eigenvalue weighted by atomic mass is 10.3. The average Bonchev–Trinajstić information content (AvgIpc) is 2.15. The molecule has 0 saturated heterocycles. The number of hydrogen-bond acceptors (Lipinski definition) is 4. The standard InChI is InChI=1S/C5H7N2S2/c1-4(8)2-5-3-9-7-6-5/h3-4,8H,1-2H2. The summed E-state index contributed by atoms with van der Waals surface area (Å²) in [4.78, 5) is 0. The van der Waals surface area contributed by atoms with Crippen molar-refractivity contribution in [2.24, 2.45) is 0 Å². The van der Waals surface area contributed by atoms with E-state index in [1.807, 2.05) is 5.38 Å². The van der Waals surface area contributed by atoms with Crippen molar-refractivity contribution in [1.29, 1.82) is 0 Å². The largest absolute Gasteiger partial charge is 0.176 e. The highest BCUT2D eigenvalue weighted by molar-refractivity contribution is 7.81. The molecule has 0 aliphatic heterocycles. The van der Waals surface area contributed by atoms with Gasteiger partial charge in [-0.15, -0.1) is 5.10 Å². The first-order valence-electron chi connectivity index (χ1n) is 2.56. The summed E-state index contributed by atoms with van der Waals surface area (Å²) in [5.41, 5.74) is 0.981. The number of hydrogen-bond donors (Lipinski definition) is 1. The van der Waals surface area contributed by atoms with E-state index in [0.717, 1.165) is 12.1 Å². The van der Waals surface area contributed by atoms with E-state index in [0.29, 0.717) is 0 Å². The molecule has 4 heteroatoms. The molecule has 1 radical (unpaired) electrons. The lowest BCUT2D eigenvalue weighted by molar-refractivity contribution is 0.937. The maximum absolute atomic E-state index is 4.11. The minimum Gasteiger partial charge on any atom is -0.176 e. The van der Waals surface area contributed by atoms with E-state index in [4.69, 9.17) is 0 Å². The zero-order chi connectivity index (χ0) is 6.69. The Labute approximate surface area is 63.9 Å². The van der Waals surface area contributed by atoms with E-state index in [-0.39, 0.29) is 5.25 Å². The number of aromatic nitrogens is 2. The van der Waals surface area contributed by atoms with Gasteiger partial charge in [0.15, 0.2) is 0 Å². The summed E-state index contributed by atoms with van der Waals surface area (Å²) in [6, 6.07) is 0. The van der Waals surface area contributed by atoms with Crippen molar-refractivity contribution in [3.63, 3.8) is 0 Å². The number of rotatable bonds is 2. The van der Waals surface area contributed by atoms with E-state index >= 15 is 0 Å². The van der Waals surface area contributed by atoms with Crippen LogP contribution in [0, 0.1) is 6.92 Å². The summed E-state index contributed by atoms with van der Waals surface area (Å²) in [6.07, 6.45) is 0.805. The van der Waals surface area contributed by atoms with Crippen LogP contribution < -0.4 is 0 Å². The van der Waals surface area contributed by atoms with Crippen LogP contribution in [-0.4, -0.2) is 14.8 Å². The highest BCUT2D eigenvalue weighted by atomic mass is 32.1. The minimum absolute atomic E-state index is 0.133. The topological polar surface area (TPSA) is 25.8 Å². The molecule has 0 fully saturated rings. The molecule has 2 nitrogen and oxygen atoms in total. The Morgan fingerprint density at radius 3 is 3.11 bits per heavy atom. The van der Waals surface area contributed by atoms with Gasteiger partial charge in [-0.3, -0.25) is 0 Å². The molecule has 49 valence electrons. The van der Waals surface area contributed by atoms with Gasteiger partial charge in [-0.1, -0.05) is 4.49 Å². The average molecular weight is 159 g/mol. The van der Waals surface area contributed by atoms with Crippen LogP contribution in [0.3, 0.4) is 0 Å². The van der Waals surface area contributed by atoms with Crippen LogP contribution >= 0.6 is 24.2 Å². The molecule has 9 heavy (non-hydrogen) atoms. The van der Waals surface area contributed by atoms with Crippen molar-refractivity contribution in [1.82, 2.24) is 9.59 Å². The molecule has 0 N–H and O–H groups in total. The lowest BCUT2D eigenvalue weighted by Gasteiger charge is -1.95. The van der Waals surface area contributed by atoms with E-state index in [1.165, 1.54) is 11.5 Å². The van der Waals surface area contributed by atoms with Gasteiger partial charge in [0.1, 0.15) is 0 Å². The Balaban J connectivity index is 2.48. The first-order valence-corrected chi connectivity index (χ1v) is 3.91. The first-order chi connectivity index (χ1) is 4.29. The second-order valence-corrected chi connectivity index (χ2v) is 3.09. The molecule has 0 saturated carbocycles. The van der Waals surface area contributed by atoms with Crippen LogP contribution in [0.25, 0.3) is 0 Å². The summed E-state index contributed by atoms with van der Waals surface area (Å²) in [6.45, 7) is 3.71. The monoisotopic (exact) mass is 159 g/mol. The van der Waals surface area contributed by atoms with Crippen molar-refractivity contribution in [3.8, 4) is 0 Å². The highest BCUT2D eigenvalue weighted by Crippen LogP contribution is 2.04. The second-order valence-electron chi connectivity index (χ2n) is 1.75. The summed E-state index contributed by atoms with van der Waals surface area (Å²) < 4.78 is 3.71. The van der Waals surface area contributed by atoms with Crippen LogP contribution in [0.2, 0.25) is 0 Å². The predicted molar refractivity (Wildman–Crippen MR) is 41.7 cm³/mol. The highest BCUT2D eigenvalue weighted by Gasteiger charge is 1.99. The summed E-state index contributed by atoms with van der Waals surface area (Å²) in [7, 11) is 0. The molecule has 0 aromatic carbocycles. The van der Waals surface area contributed by atoms with Crippen LogP contribution in [0.1, 0.15) is 5.69 Å². The molecule has 1 unspecified atom stereocenters. The molecule has 0 bridgehead atoms. The summed E-state index contributed by atoms with van der Waals surface area (Å²) in [5, 5.41) is 5.88. The van der Waals surface area contributed by atoms with E-state index in [9.17, 15) is 0 Å². The van der Waals surface area contributed by atoms with Gasteiger partial charge in [-0.2, -0.15) is 12.6 Å². The Bertz CT molecular complexity index is 159. The molecule has 1 atom stereocenters. The Morgan fingerprint density at radius 2 is 2.67 bits per heavy atom. The second kappa shape index (κ2) is 3.17. The minimum atomic E-state index is 0.133. The van der Waals surface area contributed by atoms with Gasteiger partial charge >= 0.3 is 0 Å². The fourth-order valence-electron chi connectivity index (χ4n) is 0.514. The van der Waals surface area contributed by atoms with Crippen molar-refractivity contribution in [2.45, 2.75) is 11.7 Å². The molecule has 1 rings (SSSR count). The zero-order valence-electron chi connectivity index (χ0n) is 4.82. The molecular formula is C5H7N2S2. The van der Waals surface area contributed by atoms with Gasteiger partial charge < -0.3 is 0 Å². The van der Waals surface area contributed by atoms with Crippen molar-refractivity contribution < 1.29 is 0 Å². The van der Waals surface area contributed by atoms with Gasteiger partial charge in [0.2, 0.25) is 0 Å². The third kappa shape index (κ3) is 2.32. The van der Waals surface area contributed by atoms with Gasteiger partial charge in [0.05, 0.1) is 5.69 Å². The smallest absolute Gasteiger partial charge is 0.0766 e. The van der Waals surface area contributed by atoms with Gasteiger partial charge in [0.25, 0.3) is 0 Å². The first kappa shape index (κ1) is 7.02. The van der Waals surface area contributed by atoms with Crippen molar-refractivity contribution in [2.75, 3.05) is 0 Å². The summed E-state index contributed by atoms with van der Waals surface area (Å²) >= 11 is 5.47. The number of thiol groups is 1. The molecule has 0 aliphatic rings. The molecule has 0 amide bonds. The van der Waals surface area contributed by atoms with Gasteiger partial charge in [-0.05, 0) is 18.5 Å². The molecule has 1 aromatic heterocycles. The Kier molecular flexibility index (Phi) is 2.48. The quantitative estimate of drug-likeness (QED) is 0.656. The van der Waals surface area contributed by atoms with Crippen LogP contribution in [0.15, 0.2) is 5.38 Å². The molecule has 1 aromatic rings. The molecule has 0 aliphatic carbocycles. The summed E-state index contributed by atoms with van der Waals surface area (Å²) in [5.74, 6) is 0. The van der Waals surface area contributed by atoms with Crippen LogP contribution in [0.4, 0.5) is 0 Å². The van der Waals surface area contributed by atoms with Gasteiger partial charge in [0, 0.05) is 17.1 Å². The van der Waals surface area contributed by atoms with Crippen molar-refractivity contribution >= 4 is 24.2 Å². The van der Waals surface area contributed by atoms with Crippen LogP contribution in [0.5, 0.6) is 0 Å². The van der Waals surface area contributed by atoms with Gasteiger partial charge in [-0.25, -0.2) is 0 Å². The fourth-order valence-corrected chi connectivity index (χ4v) is 1.17. The number of nitrogens with zero attached hydrogens (tertiary/aromatic N) is 2. The molecule has 0 spiro atoms. The van der Waals surface area contributed by atoms with Crippen molar-refractivity contribution in [3.05, 3.63) is 18.0 Å². The maximum Gasteiger partial charge on any atom is 0.0766 e.